The van der Waals surface area contributed by atoms with E-state index < -0.39 is 5.91 Å². The second-order valence-electron chi connectivity index (χ2n) is 4.80. The van der Waals surface area contributed by atoms with E-state index >= 15 is 0 Å². The maximum absolute atomic E-state index is 11.3. The predicted octanol–water partition coefficient (Wildman–Crippen LogP) is 0.756. The fraction of sp³-hybridized carbons (Fsp3) is 0.750. The topological polar surface area (TPSA) is 83.0 Å². The SMILES string of the molecule is COCCc1c(C(N)=O)nnn1CCC1CCC1. The monoisotopic (exact) mass is 252 g/mol. The average Bonchev–Trinajstić information content (AvgIpc) is 2.67. The van der Waals surface area contributed by atoms with Gasteiger partial charge in [0.05, 0.1) is 12.3 Å². The van der Waals surface area contributed by atoms with E-state index in [0.29, 0.717) is 13.0 Å². The Morgan fingerprint density at radius 1 is 1.56 bits per heavy atom. The van der Waals surface area contributed by atoms with Crippen LogP contribution in [0.1, 0.15) is 41.9 Å². The van der Waals surface area contributed by atoms with Crippen LogP contribution in [-0.2, 0) is 17.7 Å². The Morgan fingerprint density at radius 2 is 2.33 bits per heavy atom. The largest absolute Gasteiger partial charge is 0.384 e. The second-order valence-corrected chi connectivity index (χ2v) is 4.80. The number of methoxy groups -OCH3 is 1. The zero-order valence-corrected chi connectivity index (χ0v) is 10.8. The number of hydrogen-bond acceptors (Lipinski definition) is 4. The number of primary amides is 1. The van der Waals surface area contributed by atoms with E-state index in [4.69, 9.17) is 10.5 Å². The summed E-state index contributed by atoms with van der Waals surface area (Å²) in [5.41, 5.74) is 6.37. The molecule has 0 bridgehead atoms. The number of rotatable bonds is 7. The molecule has 1 fully saturated rings. The van der Waals surface area contributed by atoms with Gasteiger partial charge in [-0.1, -0.05) is 24.5 Å². The van der Waals surface area contributed by atoms with Gasteiger partial charge < -0.3 is 10.5 Å². The zero-order chi connectivity index (χ0) is 13.0. The quantitative estimate of drug-likeness (QED) is 0.776. The predicted molar refractivity (Wildman–Crippen MR) is 66.1 cm³/mol. The number of aryl methyl sites for hydroxylation is 1. The third kappa shape index (κ3) is 2.87. The van der Waals surface area contributed by atoms with Crippen LogP contribution in [0.2, 0.25) is 0 Å². The van der Waals surface area contributed by atoms with E-state index in [0.717, 1.165) is 24.6 Å². The van der Waals surface area contributed by atoms with Gasteiger partial charge in [-0.2, -0.15) is 0 Å². The lowest BCUT2D eigenvalue weighted by atomic mass is 9.83. The standard InChI is InChI=1S/C12H20N4O2/c1-18-8-6-10-11(12(13)17)14-15-16(10)7-5-9-3-2-4-9/h9H,2-8H2,1H3,(H2,13,17). The minimum Gasteiger partial charge on any atom is -0.384 e. The first-order valence-corrected chi connectivity index (χ1v) is 6.43. The lowest BCUT2D eigenvalue weighted by molar-refractivity contribution is 0.0994. The summed E-state index contributed by atoms with van der Waals surface area (Å²) in [6.07, 6.45) is 5.68. The van der Waals surface area contributed by atoms with Crippen LogP contribution in [0.15, 0.2) is 0 Å². The van der Waals surface area contributed by atoms with Gasteiger partial charge >= 0.3 is 0 Å². The summed E-state index contributed by atoms with van der Waals surface area (Å²) in [7, 11) is 1.63. The fourth-order valence-corrected chi connectivity index (χ4v) is 2.24. The molecule has 2 N–H and O–H groups in total. The molecule has 0 radical (unpaired) electrons. The molecule has 6 nitrogen and oxygen atoms in total. The molecule has 0 aliphatic heterocycles. The molecule has 100 valence electrons. The van der Waals surface area contributed by atoms with E-state index in [1.54, 1.807) is 11.8 Å². The minimum absolute atomic E-state index is 0.278. The lowest BCUT2D eigenvalue weighted by Gasteiger charge is -2.25. The second kappa shape index (κ2) is 5.95. The van der Waals surface area contributed by atoms with E-state index in [9.17, 15) is 4.79 Å². The van der Waals surface area contributed by atoms with Gasteiger partial charge in [0, 0.05) is 20.1 Å². The number of carbonyl (C=O) groups is 1. The molecule has 18 heavy (non-hydrogen) atoms. The maximum Gasteiger partial charge on any atom is 0.271 e. The Hall–Kier alpha value is -1.43. The smallest absolute Gasteiger partial charge is 0.271 e. The molecule has 0 atom stereocenters. The highest BCUT2D eigenvalue weighted by Crippen LogP contribution is 2.29. The Kier molecular flexibility index (Phi) is 4.30. The summed E-state index contributed by atoms with van der Waals surface area (Å²) in [4.78, 5) is 11.3. The highest BCUT2D eigenvalue weighted by molar-refractivity contribution is 5.91. The van der Waals surface area contributed by atoms with Crippen LogP contribution in [0.25, 0.3) is 0 Å². The van der Waals surface area contributed by atoms with Gasteiger partial charge in [-0.3, -0.25) is 4.79 Å². The summed E-state index contributed by atoms with van der Waals surface area (Å²) in [5, 5.41) is 7.90. The van der Waals surface area contributed by atoms with Gasteiger partial charge in [0.1, 0.15) is 0 Å². The molecule has 1 saturated carbocycles. The van der Waals surface area contributed by atoms with E-state index in [2.05, 4.69) is 10.3 Å². The van der Waals surface area contributed by atoms with Crippen molar-refractivity contribution in [1.82, 2.24) is 15.0 Å². The van der Waals surface area contributed by atoms with Crippen molar-refractivity contribution in [3.8, 4) is 0 Å². The Morgan fingerprint density at radius 3 is 2.89 bits per heavy atom. The molecule has 0 unspecified atom stereocenters. The van der Waals surface area contributed by atoms with Crippen LogP contribution in [0.3, 0.4) is 0 Å². The molecule has 1 aromatic rings. The molecule has 1 aliphatic rings. The van der Waals surface area contributed by atoms with Crippen LogP contribution in [0.5, 0.6) is 0 Å². The number of ether oxygens (including phenoxy) is 1. The van der Waals surface area contributed by atoms with Crippen molar-refractivity contribution in [3.63, 3.8) is 0 Å². The number of nitrogens with two attached hydrogens (primary N) is 1. The summed E-state index contributed by atoms with van der Waals surface area (Å²) in [6.45, 7) is 1.35. The van der Waals surface area contributed by atoms with Crippen molar-refractivity contribution in [2.75, 3.05) is 13.7 Å². The Labute approximate surface area is 106 Å². The molecular weight excluding hydrogens is 232 g/mol. The van der Waals surface area contributed by atoms with Crippen molar-refractivity contribution in [2.45, 2.75) is 38.6 Å². The van der Waals surface area contributed by atoms with Crippen molar-refractivity contribution < 1.29 is 9.53 Å². The first-order chi connectivity index (χ1) is 8.72. The maximum atomic E-state index is 11.3. The third-order valence-electron chi connectivity index (χ3n) is 3.59. The number of nitrogens with zero attached hydrogens (tertiary/aromatic N) is 3. The Balaban J connectivity index is 2.04. The van der Waals surface area contributed by atoms with E-state index in [1.807, 2.05) is 0 Å². The summed E-state index contributed by atoms with van der Waals surface area (Å²) in [6, 6.07) is 0. The van der Waals surface area contributed by atoms with Crippen LogP contribution in [-0.4, -0.2) is 34.6 Å². The average molecular weight is 252 g/mol. The van der Waals surface area contributed by atoms with Gasteiger partial charge in [0.2, 0.25) is 0 Å². The number of amides is 1. The van der Waals surface area contributed by atoms with Gasteiger partial charge in [0.25, 0.3) is 5.91 Å². The number of aromatic nitrogens is 3. The van der Waals surface area contributed by atoms with E-state index in [-0.39, 0.29) is 5.69 Å². The van der Waals surface area contributed by atoms with Crippen LogP contribution in [0.4, 0.5) is 0 Å². The summed E-state index contributed by atoms with van der Waals surface area (Å²) >= 11 is 0. The van der Waals surface area contributed by atoms with Gasteiger partial charge in [-0.25, -0.2) is 4.68 Å². The van der Waals surface area contributed by atoms with Gasteiger partial charge in [0.15, 0.2) is 5.69 Å². The van der Waals surface area contributed by atoms with Crippen LogP contribution >= 0.6 is 0 Å². The highest BCUT2D eigenvalue weighted by Gasteiger charge is 2.20. The molecule has 0 saturated heterocycles. The molecule has 1 amide bonds. The highest BCUT2D eigenvalue weighted by atomic mass is 16.5. The minimum atomic E-state index is -0.518. The van der Waals surface area contributed by atoms with Crippen molar-refractivity contribution in [2.24, 2.45) is 11.7 Å². The summed E-state index contributed by atoms with van der Waals surface area (Å²) < 4.78 is 6.84. The number of carbonyl (C=O) groups excluding carboxylic acids is 1. The molecule has 1 aliphatic carbocycles. The molecule has 0 aromatic carbocycles. The summed E-state index contributed by atoms with van der Waals surface area (Å²) in [5.74, 6) is 0.289. The van der Waals surface area contributed by atoms with Crippen molar-refractivity contribution in [3.05, 3.63) is 11.4 Å². The molecule has 6 heteroatoms. The van der Waals surface area contributed by atoms with Crippen LogP contribution in [0, 0.1) is 5.92 Å². The zero-order valence-electron chi connectivity index (χ0n) is 10.8. The molecular formula is C12H20N4O2. The molecule has 2 rings (SSSR count). The van der Waals surface area contributed by atoms with Gasteiger partial charge in [-0.05, 0) is 12.3 Å². The molecule has 0 spiro atoms. The lowest BCUT2D eigenvalue weighted by Crippen LogP contribution is -2.18. The van der Waals surface area contributed by atoms with Crippen molar-refractivity contribution >= 4 is 5.91 Å². The fourth-order valence-electron chi connectivity index (χ4n) is 2.24. The van der Waals surface area contributed by atoms with Crippen molar-refractivity contribution in [1.29, 1.82) is 0 Å². The first-order valence-electron chi connectivity index (χ1n) is 6.43. The normalized spacial score (nSPS) is 15.6. The first kappa shape index (κ1) is 13.0. The molecule has 1 aromatic heterocycles. The number of hydrogen-bond donors (Lipinski definition) is 1. The molecule has 1 heterocycles. The van der Waals surface area contributed by atoms with Crippen LogP contribution < -0.4 is 5.73 Å². The van der Waals surface area contributed by atoms with E-state index in [1.165, 1.54) is 19.3 Å². The Bertz CT molecular complexity index is 412. The third-order valence-corrected chi connectivity index (χ3v) is 3.59. The van der Waals surface area contributed by atoms with Gasteiger partial charge in [-0.15, -0.1) is 5.10 Å².